The van der Waals surface area contributed by atoms with Crippen molar-refractivity contribution in [2.24, 2.45) is 0 Å². The minimum Gasteiger partial charge on any atom is -0.396 e. The number of rotatable bonds is 3. The van der Waals surface area contributed by atoms with Gasteiger partial charge in [-0.3, -0.25) is 0 Å². The van der Waals surface area contributed by atoms with E-state index in [2.05, 4.69) is 0 Å². The Morgan fingerprint density at radius 1 is 1.47 bits per heavy atom. The number of nitrogens with zero attached hydrogens (tertiary/aromatic N) is 1. The summed E-state index contributed by atoms with van der Waals surface area (Å²) in [5.41, 5.74) is 5.10. The first-order valence-corrected chi connectivity index (χ1v) is 6.88. The van der Waals surface area contributed by atoms with Crippen molar-refractivity contribution in [2.75, 3.05) is 12.8 Å². The highest BCUT2D eigenvalue weighted by atomic mass is 35.5. The third kappa shape index (κ3) is 2.25. The number of benzene rings is 1. The molecule has 0 unspecified atom stereocenters. The first-order chi connectivity index (χ1) is 7.84. The van der Waals surface area contributed by atoms with Crippen LogP contribution >= 0.6 is 11.6 Å². The number of nitrogens with two attached hydrogens (primary N) is 1. The van der Waals surface area contributed by atoms with E-state index in [1.807, 2.05) is 0 Å². The normalized spacial score (nSPS) is 16.5. The van der Waals surface area contributed by atoms with Crippen LogP contribution in [0.3, 0.4) is 0 Å². The molecule has 0 bridgehead atoms. The van der Waals surface area contributed by atoms with Gasteiger partial charge in [0.25, 0.3) is 0 Å². The summed E-state index contributed by atoms with van der Waals surface area (Å²) in [7, 11) is -2.42. The minimum atomic E-state index is -3.86. The van der Waals surface area contributed by atoms with Crippen molar-refractivity contribution in [2.45, 2.75) is 23.8 Å². The number of hydrogen-bond acceptors (Lipinski definition) is 3. The van der Waals surface area contributed by atoms with Gasteiger partial charge in [0.2, 0.25) is 10.0 Å². The largest absolute Gasteiger partial charge is 0.396 e. The molecule has 0 aromatic heterocycles. The summed E-state index contributed by atoms with van der Waals surface area (Å²) in [5, 5.41) is 0.103. The lowest BCUT2D eigenvalue weighted by Crippen LogP contribution is -2.29. The van der Waals surface area contributed by atoms with Crippen LogP contribution in [-0.2, 0) is 10.0 Å². The van der Waals surface area contributed by atoms with E-state index in [1.165, 1.54) is 17.4 Å². The molecule has 0 aliphatic heterocycles. The summed E-state index contributed by atoms with van der Waals surface area (Å²) in [6, 6.07) is 2.23. The fraction of sp³-hybridized carbons (Fsp3) is 0.400. The topological polar surface area (TPSA) is 63.4 Å². The second-order valence-corrected chi connectivity index (χ2v) is 6.46. The van der Waals surface area contributed by atoms with Crippen LogP contribution in [-0.4, -0.2) is 25.8 Å². The van der Waals surface area contributed by atoms with Gasteiger partial charge in [0.1, 0.15) is 4.90 Å². The van der Waals surface area contributed by atoms with Gasteiger partial charge in [0.05, 0.1) is 5.69 Å². The molecule has 1 aromatic rings. The number of sulfonamides is 1. The van der Waals surface area contributed by atoms with Gasteiger partial charge >= 0.3 is 0 Å². The zero-order valence-electron chi connectivity index (χ0n) is 9.15. The first-order valence-electron chi connectivity index (χ1n) is 5.06. The molecule has 94 valence electrons. The molecule has 7 heteroatoms. The first kappa shape index (κ1) is 12.6. The van der Waals surface area contributed by atoms with Gasteiger partial charge in [-0.05, 0) is 25.0 Å². The van der Waals surface area contributed by atoms with Gasteiger partial charge in [-0.2, -0.15) is 4.31 Å². The molecule has 0 amide bonds. The van der Waals surface area contributed by atoms with E-state index in [-0.39, 0.29) is 16.8 Å². The third-order valence-corrected chi connectivity index (χ3v) is 4.88. The van der Waals surface area contributed by atoms with Gasteiger partial charge in [-0.15, -0.1) is 0 Å². The summed E-state index contributed by atoms with van der Waals surface area (Å²) in [5.74, 6) is -0.943. The number of nitrogen functional groups attached to an aromatic ring is 1. The maximum Gasteiger partial charge on any atom is 0.246 e. The fourth-order valence-electron chi connectivity index (χ4n) is 1.56. The number of hydrogen-bond donors (Lipinski definition) is 1. The summed E-state index contributed by atoms with van der Waals surface area (Å²) in [6.45, 7) is 0. The van der Waals surface area contributed by atoms with Crippen molar-refractivity contribution in [1.29, 1.82) is 0 Å². The van der Waals surface area contributed by atoms with E-state index in [9.17, 15) is 12.8 Å². The Hall–Kier alpha value is -0.850. The lowest BCUT2D eigenvalue weighted by molar-refractivity contribution is 0.458. The molecule has 17 heavy (non-hydrogen) atoms. The maximum atomic E-state index is 13.7. The predicted molar refractivity (Wildman–Crippen MR) is 63.8 cm³/mol. The minimum absolute atomic E-state index is 0.0420. The molecular weight excluding hydrogens is 267 g/mol. The van der Waals surface area contributed by atoms with Crippen LogP contribution < -0.4 is 5.73 Å². The molecule has 1 aromatic carbocycles. The van der Waals surface area contributed by atoms with Crippen LogP contribution in [0.2, 0.25) is 5.02 Å². The highest BCUT2D eigenvalue weighted by Gasteiger charge is 2.36. The summed E-state index contributed by atoms with van der Waals surface area (Å²) >= 11 is 5.70. The highest BCUT2D eigenvalue weighted by Crippen LogP contribution is 2.33. The maximum absolute atomic E-state index is 13.7. The third-order valence-electron chi connectivity index (χ3n) is 2.75. The quantitative estimate of drug-likeness (QED) is 0.858. The second kappa shape index (κ2) is 4.12. The molecule has 1 saturated carbocycles. The van der Waals surface area contributed by atoms with Crippen molar-refractivity contribution in [1.82, 2.24) is 4.31 Å². The molecule has 2 rings (SSSR count). The van der Waals surface area contributed by atoms with Gasteiger partial charge in [0, 0.05) is 18.1 Å². The van der Waals surface area contributed by atoms with Crippen LogP contribution in [0.1, 0.15) is 12.8 Å². The molecule has 1 fully saturated rings. The predicted octanol–water partition coefficient (Wildman–Crippen LogP) is 1.84. The molecule has 2 N–H and O–H groups in total. The zero-order valence-corrected chi connectivity index (χ0v) is 10.7. The molecule has 1 aliphatic rings. The standard InChI is InChI=1S/C10H12ClFN2O2S/c1-14(7-2-3-7)17(15,16)9-5-6(11)4-8(13)10(9)12/h4-5,7H,2-3,13H2,1H3. The molecule has 0 heterocycles. The Balaban J connectivity index is 2.52. The molecule has 0 radical (unpaired) electrons. The van der Waals surface area contributed by atoms with Crippen molar-refractivity contribution < 1.29 is 12.8 Å². The molecule has 0 saturated heterocycles. The van der Waals surface area contributed by atoms with Crippen LogP contribution in [0.15, 0.2) is 17.0 Å². The van der Waals surface area contributed by atoms with Gasteiger partial charge in [-0.25, -0.2) is 12.8 Å². The van der Waals surface area contributed by atoms with Crippen molar-refractivity contribution in [3.63, 3.8) is 0 Å². The molecule has 0 atom stereocenters. The molecule has 1 aliphatic carbocycles. The summed E-state index contributed by atoms with van der Waals surface area (Å²) in [4.78, 5) is -0.461. The van der Waals surface area contributed by atoms with Crippen molar-refractivity contribution in [3.05, 3.63) is 23.0 Å². The van der Waals surface area contributed by atoms with E-state index in [4.69, 9.17) is 17.3 Å². The van der Waals surface area contributed by atoms with E-state index < -0.39 is 20.7 Å². The Kier molecular flexibility index (Phi) is 3.05. The fourth-order valence-corrected chi connectivity index (χ4v) is 3.39. The monoisotopic (exact) mass is 278 g/mol. The summed E-state index contributed by atoms with van der Waals surface area (Å²) in [6.07, 6.45) is 1.60. The highest BCUT2D eigenvalue weighted by molar-refractivity contribution is 7.89. The zero-order chi connectivity index (χ0) is 12.8. The Morgan fingerprint density at radius 3 is 2.59 bits per heavy atom. The van der Waals surface area contributed by atoms with Crippen LogP contribution in [0, 0.1) is 5.82 Å². The van der Waals surface area contributed by atoms with Crippen LogP contribution in [0.5, 0.6) is 0 Å². The Morgan fingerprint density at radius 2 is 2.06 bits per heavy atom. The lowest BCUT2D eigenvalue weighted by atomic mass is 10.3. The van der Waals surface area contributed by atoms with Gasteiger partial charge in [0.15, 0.2) is 5.82 Å². The van der Waals surface area contributed by atoms with E-state index >= 15 is 0 Å². The molecular formula is C10H12ClFN2O2S. The van der Waals surface area contributed by atoms with E-state index in [0.29, 0.717) is 0 Å². The van der Waals surface area contributed by atoms with Gasteiger partial charge < -0.3 is 5.73 Å². The number of halogens is 2. The summed E-state index contributed by atoms with van der Waals surface area (Å²) < 4.78 is 39.1. The number of anilines is 1. The van der Waals surface area contributed by atoms with Crippen molar-refractivity contribution in [3.8, 4) is 0 Å². The van der Waals surface area contributed by atoms with E-state index in [0.717, 1.165) is 18.9 Å². The smallest absolute Gasteiger partial charge is 0.246 e. The average molecular weight is 279 g/mol. The van der Waals surface area contributed by atoms with E-state index in [1.54, 1.807) is 0 Å². The molecule has 4 nitrogen and oxygen atoms in total. The Labute approximate surface area is 104 Å². The average Bonchev–Trinajstić information content (AvgIpc) is 3.05. The molecule has 0 spiro atoms. The van der Waals surface area contributed by atoms with Gasteiger partial charge in [-0.1, -0.05) is 11.6 Å². The van der Waals surface area contributed by atoms with Crippen LogP contribution in [0.25, 0.3) is 0 Å². The van der Waals surface area contributed by atoms with Crippen LogP contribution in [0.4, 0.5) is 10.1 Å². The van der Waals surface area contributed by atoms with Crippen molar-refractivity contribution >= 4 is 27.3 Å². The second-order valence-electron chi connectivity index (χ2n) is 4.06. The Bertz CT molecular complexity index is 558. The lowest BCUT2D eigenvalue weighted by Gasteiger charge is -2.17. The SMILES string of the molecule is CN(C1CC1)S(=O)(=O)c1cc(Cl)cc(N)c1F.